The molecule has 4 heteroatoms. The maximum absolute atomic E-state index is 13.3. The lowest BCUT2D eigenvalue weighted by molar-refractivity contribution is -0.164. The summed E-state index contributed by atoms with van der Waals surface area (Å²) in [6, 6.07) is 6.88. The third-order valence-electron chi connectivity index (χ3n) is 9.78. The Morgan fingerprint density at radius 1 is 1.10 bits per heavy atom. The first-order valence-corrected chi connectivity index (χ1v) is 11.9. The fourth-order valence-electron chi connectivity index (χ4n) is 8.25. The van der Waals surface area contributed by atoms with E-state index in [1.54, 1.807) is 12.1 Å². The van der Waals surface area contributed by atoms with E-state index in [2.05, 4.69) is 25.7 Å². The number of carbonyl (C=O) groups excluding carboxylic acids is 1. The van der Waals surface area contributed by atoms with Crippen LogP contribution in [0.25, 0.3) is 0 Å². The molecule has 8 atom stereocenters. The zero-order valence-corrected chi connectivity index (χ0v) is 18.9. The van der Waals surface area contributed by atoms with Crippen molar-refractivity contribution in [1.29, 1.82) is 0 Å². The molecule has 0 radical (unpaired) electrons. The topological polar surface area (TPSA) is 29.5 Å². The number of nitrogens with zero attached hydrogens (tertiary/aromatic N) is 1. The van der Waals surface area contributed by atoms with E-state index in [4.69, 9.17) is 4.74 Å². The maximum Gasteiger partial charge on any atom is 0.222 e. The van der Waals surface area contributed by atoms with Gasteiger partial charge in [0, 0.05) is 19.5 Å². The Hall–Kier alpha value is -1.58. The van der Waals surface area contributed by atoms with Crippen molar-refractivity contribution in [2.45, 2.75) is 77.9 Å². The van der Waals surface area contributed by atoms with Gasteiger partial charge in [-0.3, -0.25) is 4.79 Å². The van der Waals surface area contributed by atoms with Crippen molar-refractivity contribution in [3.63, 3.8) is 0 Å². The predicted octanol–water partition coefficient (Wildman–Crippen LogP) is 5.68. The van der Waals surface area contributed by atoms with Gasteiger partial charge in [-0.25, -0.2) is 4.39 Å². The van der Waals surface area contributed by atoms with Crippen LogP contribution in [0.2, 0.25) is 0 Å². The van der Waals surface area contributed by atoms with Crippen LogP contribution in [-0.2, 0) is 4.79 Å². The normalized spacial score (nSPS) is 45.5. The molecule has 1 aliphatic heterocycles. The Kier molecular flexibility index (Phi) is 4.72. The molecule has 4 fully saturated rings. The van der Waals surface area contributed by atoms with Gasteiger partial charge >= 0.3 is 0 Å². The first-order chi connectivity index (χ1) is 14.2. The number of hydrogen-bond donors (Lipinski definition) is 0. The zero-order valence-electron chi connectivity index (χ0n) is 18.9. The van der Waals surface area contributed by atoms with Gasteiger partial charge in [0.25, 0.3) is 0 Å². The summed E-state index contributed by atoms with van der Waals surface area (Å²) in [7, 11) is 2.03. The first-order valence-electron chi connectivity index (χ1n) is 11.9. The fourth-order valence-corrected chi connectivity index (χ4v) is 8.25. The van der Waals surface area contributed by atoms with Gasteiger partial charge in [0.2, 0.25) is 5.91 Å². The summed E-state index contributed by atoms with van der Waals surface area (Å²) in [4.78, 5) is 14.5. The molecule has 5 rings (SSSR count). The molecule has 1 amide bonds. The van der Waals surface area contributed by atoms with Crippen molar-refractivity contribution in [2.75, 3.05) is 7.05 Å². The minimum Gasteiger partial charge on any atom is -0.490 e. The van der Waals surface area contributed by atoms with Crippen molar-refractivity contribution in [3.8, 4) is 5.75 Å². The highest BCUT2D eigenvalue weighted by Gasteiger charge is 2.62. The monoisotopic (exact) mass is 413 g/mol. The average molecular weight is 414 g/mol. The van der Waals surface area contributed by atoms with E-state index in [1.165, 1.54) is 25.0 Å². The largest absolute Gasteiger partial charge is 0.490 e. The van der Waals surface area contributed by atoms with Crippen LogP contribution in [0.15, 0.2) is 24.3 Å². The van der Waals surface area contributed by atoms with E-state index < -0.39 is 0 Å². The van der Waals surface area contributed by atoms with E-state index >= 15 is 0 Å². The molecule has 0 spiro atoms. The van der Waals surface area contributed by atoms with Crippen molar-refractivity contribution < 1.29 is 13.9 Å². The average Bonchev–Trinajstić information content (AvgIpc) is 3.04. The SMILES string of the molecule is C[C@H]1C[C@H]2N(C)C(=O)CC[C@]2(C)[C@H]2CC[C@]3(C)C[C@@H](Oc4ccc(F)cc4)C[C@H]3[C@H]12. The standard InChI is InChI=1S/C26H36FNO2/c1-16-13-22-26(3,12-10-23(29)28(22)4)20-9-11-25(2)15-19(14-21(25)24(16)20)30-18-7-5-17(27)6-8-18/h5-8,16,19-22,24H,9-15H2,1-4H3/t16-,19-,20-,21-,22+,24+,25+,26+/m0/s1. The van der Waals surface area contributed by atoms with E-state index in [9.17, 15) is 9.18 Å². The van der Waals surface area contributed by atoms with Gasteiger partial charge in [0.1, 0.15) is 11.6 Å². The van der Waals surface area contributed by atoms with E-state index in [0.717, 1.165) is 31.4 Å². The van der Waals surface area contributed by atoms with E-state index in [0.29, 0.717) is 47.5 Å². The van der Waals surface area contributed by atoms with Gasteiger partial charge < -0.3 is 9.64 Å². The molecule has 1 aromatic rings. The van der Waals surface area contributed by atoms with Crippen molar-refractivity contribution in [2.24, 2.45) is 34.5 Å². The van der Waals surface area contributed by atoms with Gasteiger partial charge in [0.15, 0.2) is 0 Å². The van der Waals surface area contributed by atoms with Crippen molar-refractivity contribution in [1.82, 2.24) is 4.90 Å². The lowest BCUT2D eigenvalue weighted by atomic mass is 9.45. The van der Waals surface area contributed by atoms with Gasteiger partial charge in [-0.05, 0) is 97.3 Å². The molecule has 1 heterocycles. The van der Waals surface area contributed by atoms with Crippen LogP contribution in [0.5, 0.6) is 5.75 Å². The minimum atomic E-state index is -0.216. The Labute approximate surface area is 180 Å². The molecule has 3 nitrogen and oxygen atoms in total. The Balaban J connectivity index is 1.39. The smallest absolute Gasteiger partial charge is 0.222 e. The number of rotatable bonds is 2. The number of benzene rings is 1. The lowest BCUT2D eigenvalue weighted by Crippen LogP contribution is -2.62. The van der Waals surface area contributed by atoms with Crippen molar-refractivity contribution in [3.05, 3.63) is 30.1 Å². The molecule has 30 heavy (non-hydrogen) atoms. The molecule has 0 unspecified atom stereocenters. The first kappa shape index (κ1) is 20.3. The number of amides is 1. The number of piperidine rings is 1. The van der Waals surface area contributed by atoms with Crippen LogP contribution >= 0.6 is 0 Å². The van der Waals surface area contributed by atoms with Crippen molar-refractivity contribution >= 4 is 5.91 Å². The minimum absolute atomic E-state index is 0.216. The fraction of sp³-hybridized carbons (Fsp3) is 0.731. The second-order valence-electron chi connectivity index (χ2n) is 11.4. The number of carbonyl (C=O) groups is 1. The van der Waals surface area contributed by atoms with Gasteiger partial charge in [-0.15, -0.1) is 0 Å². The molecule has 3 saturated carbocycles. The van der Waals surface area contributed by atoms with E-state index in [1.807, 2.05) is 7.05 Å². The second kappa shape index (κ2) is 6.97. The number of halogens is 1. The summed E-state index contributed by atoms with van der Waals surface area (Å²) in [5, 5.41) is 0. The Bertz CT molecular complexity index is 825. The van der Waals surface area contributed by atoms with Crippen LogP contribution < -0.4 is 4.74 Å². The second-order valence-corrected chi connectivity index (χ2v) is 11.4. The molecule has 164 valence electrons. The molecule has 0 bridgehead atoms. The molecule has 0 aromatic heterocycles. The zero-order chi connectivity index (χ0) is 21.3. The highest BCUT2D eigenvalue weighted by Crippen LogP contribution is 2.66. The van der Waals surface area contributed by atoms with Gasteiger partial charge in [-0.1, -0.05) is 20.8 Å². The van der Waals surface area contributed by atoms with Crippen LogP contribution in [0.1, 0.15) is 65.7 Å². The summed E-state index contributed by atoms with van der Waals surface area (Å²) in [5.74, 6) is 3.63. The molecular weight excluding hydrogens is 377 g/mol. The van der Waals surface area contributed by atoms with Gasteiger partial charge in [-0.2, -0.15) is 0 Å². The summed E-state index contributed by atoms with van der Waals surface area (Å²) < 4.78 is 19.6. The summed E-state index contributed by atoms with van der Waals surface area (Å²) >= 11 is 0. The number of fused-ring (bicyclic) bond motifs is 5. The molecule has 1 aromatic carbocycles. The molecular formula is C26H36FNO2. The summed E-state index contributed by atoms with van der Waals surface area (Å²) in [5.41, 5.74) is 0.580. The van der Waals surface area contributed by atoms with Crippen LogP contribution in [0, 0.1) is 40.3 Å². The Morgan fingerprint density at radius 3 is 2.57 bits per heavy atom. The lowest BCUT2D eigenvalue weighted by Gasteiger charge is -2.63. The highest BCUT2D eigenvalue weighted by molar-refractivity contribution is 5.77. The molecule has 4 aliphatic rings. The quantitative estimate of drug-likeness (QED) is 0.624. The highest BCUT2D eigenvalue weighted by atomic mass is 19.1. The summed E-state index contributed by atoms with van der Waals surface area (Å²) in [6.07, 6.45) is 7.86. The maximum atomic E-state index is 13.3. The third kappa shape index (κ3) is 3.00. The van der Waals surface area contributed by atoms with Crippen LogP contribution in [-0.4, -0.2) is 30.0 Å². The number of likely N-dealkylation sites (tertiary alicyclic amines) is 1. The van der Waals surface area contributed by atoms with E-state index in [-0.39, 0.29) is 17.3 Å². The van der Waals surface area contributed by atoms with Gasteiger partial charge in [0.05, 0.1) is 6.10 Å². The van der Waals surface area contributed by atoms with Crippen LogP contribution in [0.3, 0.4) is 0 Å². The molecule has 3 aliphatic carbocycles. The number of hydrogen-bond acceptors (Lipinski definition) is 2. The molecule has 1 saturated heterocycles. The summed E-state index contributed by atoms with van der Waals surface area (Å²) in [6.45, 7) is 7.40. The van der Waals surface area contributed by atoms with Crippen LogP contribution in [0.4, 0.5) is 4.39 Å². The Morgan fingerprint density at radius 2 is 1.83 bits per heavy atom. The third-order valence-corrected chi connectivity index (χ3v) is 9.78. The number of ether oxygens (including phenoxy) is 1. The predicted molar refractivity (Wildman–Crippen MR) is 116 cm³/mol. The molecule has 0 N–H and O–H groups in total.